The number of esters is 1. The fourth-order valence-electron chi connectivity index (χ4n) is 2.48. The Morgan fingerprint density at radius 2 is 1.85 bits per heavy atom. The van der Waals surface area contributed by atoms with Crippen molar-refractivity contribution in [3.05, 3.63) is 71.9 Å². The molecule has 1 N–H and O–H groups in total. The molecular weight excluding hydrogens is 330 g/mol. The van der Waals surface area contributed by atoms with Crippen LogP contribution in [0.1, 0.15) is 22.8 Å². The number of carbonyl (C=O) groups is 2. The van der Waals surface area contributed by atoms with Crippen molar-refractivity contribution in [1.82, 2.24) is 4.98 Å². The van der Waals surface area contributed by atoms with Crippen LogP contribution in [0.15, 0.2) is 60.8 Å². The Labute approximate surface area is 150 Å². The van der Waals surface area contributed by atoms with Gasteiger partial charge < -0.3 is 10.1 Å². The molecule has 0 aliphatic heterocycles. The highest BCUT2D eigenvalue weighted by Gasteiger charge is 2.21. The van der Waals surface area contributed by atoms with Gasteiger partial charge in [0.15, 0.2) is 6.10 Å². The Morgan fingerprint density at radius 1 is 1.12 bits per heavy atom. The first kappa shape index (κ1) is 17.1. The molecule has 1 atom stereocenters. The highest BCUT2D eigenvalue weighted by atomic mass is 16.5. The van der Waals surface area contributed by atoms with Crippen molar-refractivity contribution in [2.24, 2.45) is 0 Å². The van der Waals surface area contributed by atoms with E-state index in [1.165, 1.54) is 13.1 Å². The molecule has 0 aliphatic carbocycles. The molecule has 0 bridgehead atoms. The minimum absolute atomic E-state index is 0.333. The van der Waals surface area contributed by atoms with Crippen molar-refractivity contribution in [1.29, 1.82) is 5.26 Å². The van der Waals surface area contributed by atoms with Crippen LogP contribution >= 0.6 is 0 Å². The van der Waals surface area contributed by atoms with E-state index in [0.29, 0.717) is 27.7 Å². The van der Waals surface area contributed by atoms with Crippen LogP contribution in [0.2, 0.25) is 0 Å². The number of carbonyl (C=O) groups excluding carboxylic acids is 2. The molecule has 128 valence electrons. The predicted octanol–water partition coefficient (Wildman–Crippen LogP) is 3.29. The maximum atomic E-state index is 12.5. The van der Waals surface area contributed by atoms with Crippen LogP contribution < -0.4 is 5.32 Å². The molecule has 3 aromatic rings. The normalized spacial score (nSPS) is 11.4. The van der Waals surface area contributed by atoms with E-state index in [2.05, 4.69) is 10.3 Å². The number of pyridine rings is 1. The van der Waals surface area contributed by atoms with Crippen molar-refractivity contribution in [2.75, 3.05) is 5.32 Å². The van der Waals surface area contributed by atoms with E-state index in [1.54, 1.807) is 48.5 Å². The summed E-state index contributed by atoms with van der Waals surface area (Å²) in [6.07, 6.45) is 0.494. The van der Waals surface area contributed by atoms with Gasteiger partial charge in [-0.25, -0.2) is 4.79 Å². The zero-order valence-corrected chi connectivity index (χ0v) is 14.0. The van der Waals surface area contributed by atoms with Crippen molar-refractivity contribution >= 4 is 28.5 Å². The average molecular weight is 345 g/mol. The van der Waals surface area contributed by atoms with Crippen LogP contribution in [0.4, 0.5) is 5.69 Å². The van der Waals surface area contributed by atoms with Crippen molar-refractivity contribution in [2.45, 2.75) is 13.0 Å². The van der Waals surface area contributed by atoms with E-state index < -0.39 is 18.0 Å². The Morgan fingerprint density at radius 3 is 2.65 bits per heavy atom. The molecule has 0 fully saturated rings. The lowest BCUT2D eigenvalue weighted by Gasteiger charge is -2.14. The first-order chi connectivity index (χ1) is 12.6. The summed E-state index contributed by atoms with van der Waals surface area (Å²) in [6, 6.07) is 17.4. The number of nitrogens with zero attached hydrogens (tertiary/aromatic N) is 2. The molecule has 1 aromatic heterocycles. The molecule has 26 heavy (non-hydrogen) atoms. The van der Waals surface area contributed by atoms with Gasteiger partial charge in [-0.15, -0.1) is 0 Å². The lowest BCUT2D eigenvalue weighted by Crippen LogP contribution is -2.30. The fraction of sp³-hybridized carbons (Fsp3) is 0.100. The summed E-state index contributed by atoms with van der Waals surface area (Å²) in [7, 11) is 0. The number of nitriles is 1. The predicted molar refractivity (Wildman–Crippen MR) is 96.4 cm³/mol. The number of hydrogen-bond acceptors (Lipinski definition) is 5. The SMILES string of the molecule is CC(OC(=O)c1ccnc2ccccc12)C(=O)Nc1ccccc1C#N. The van der Waals surface area contributed by atoms with Gasteiger partial charge in [-0.1, -0.05) is 30.3 Å². The zero-order valence-electron chi connectivity index (χ0n) is 14.0. The third-order valence-electron chi connectivity index (χ3n) is 3.83. The molecule has 0 radical (unpaired) electrons. The maximum absolute atomic E-state index is 12.5. The van der Waals surface area contributed by atoms with Crippen LogP contribution in [0, 0.1) is 11.3 Å². The number of anilines is 1. The van der Waals surface area contributed by atoms with Gasteiger partial charge >= 0.3 is 5.97 Å². The summed E-state index contributed by atoms with van der Waals surface area (Å²) < 4.78 is 5.29. The average Bonchev–Trinajstić information content (AvgIpc) is 2.67. The maximum Gasteiger partial charge on any atom is 0.339 e. The van der Waals surface area contributed by atoms with E-state index in [1.807, 2.05) is 12.1 Å². The first-order valence-electron chi connectivity index (χ1n) is 7.95. The Bertz CT molecular complexity index is 1020. The van der Waals surface area contributed by atoms with Crippen LogP contribution in [0.5, 0.6) is 0 Å². The van der Waals surface area contributed by atoms with Crippen LogP contribution in [0.3, 0.4) is 0 Å². The highest BCUT2D eigenvalue weighted by molar-refractivity contribution is 6.04. The second-order valence-electron chi connectivity index (χ2n) is 5.57. The van der Waals surface area contributed by atoms with Gasteiger partial charge in [0.25, 0.3) is 5.91 Å². The summed E-state index contributed by atoms with van der Waals surface area (Å²) >= 11 is 0. The first-order valence-corrected chi connectivity index (χ1v) is 7.95. The summed E-state index contributed by atoms with van der Waals surface area (Å²) in [4.78, 5) is 29.0. The van der Waals surface area contributed by atoms with Gasteiger partial charge in [-0.2, -0.15) is 5.26 Å². The monoisotopic (exact) mass is 345 g/mol. The third-order valence-corrected chi connectivity index (χ3v) is 3.83. The van der Waals surface area contributed by atoms with Crippen LogP contribution in [-0.2, 0) is 9.53 Å². The van der Waals surface area contributed by atoms with E-state index in [-0.39, 0.29) is 0 Å². The van der Waals surface area contributed by atoms with Gasteiger partial charge in [0.2, 0.25) is 0 Å². The Kier molecular flexibility index (Phi) is 4.90. The molecule has 0 saturated heterocycles. The molecule has 6 heteroatoms. The lowest BCUT2D eigenvalue weighted by molar-refractivity contribution is -0.123. The third kappa shape index (κ3) is 3.52. The number of aromatic nitrogens is 1. The van der Waals surface area contributed by atoms with Crippen molar-refractivity contribution in [3.63, 3.8) is 0 Å². The molecule has 1 unspecified atom stereocenters. The van der Waals surface area contributed by atoms with Crippen LogP contribution in [0.25, 0.3) is 10.9 Å². The fourth-order valence-corrected chi connectivity index (χ4v) is 2.48. The molecule has 2 aromatic carbocycles. The van der Waals surface area contributed by atoms with Crippen LogP contribution in [-0.4, -0.2) is 23.0 Å². The molecule has 1 heterocycles. The Balaban J connectivity index is 1.74. The summed E-state index contributed by atoms with van der Waals surface area (Å²) in [6.45, 7) is 1.48. The minimum atomic E-state index is -1.03. The summed E-state index contributed by atoms with van der Waals surface area (Å²) in [5.41, 5.74) is 1.71. The molecule has 6 nitrogen and oxygen atoms in total. The lowest BCUT2D eigenvalue weighted by atomic mass is 10.1. The van der Waals surface area contributed by atoms with Gasteiger partial charge in [0.05, 0.1) is 22.3 Å². The summed E-state index contributed by atoms with van der Waals surface area (Å²) in [5.74, 6) is -1.13. The van der Waals surface area contributed by atoms with Gasteiger partial charge in [-0.05, 0) is 31.2 Å². The number of fused-ring (bicyclic) bond motifs is 1. The Hall–Kier alpha value is -3.72. The van der Waals surface area contributed by atoms with Crippen molar-refractivity contribution in [3.8, 4) is 6.07 Å². The number of amides is 1. The standard InChI is InChI=1S/C20H15N3O3/c1-13(19(24)23-17-8-4-2-6-14(17)12-21)26-20(25)16-10-11-22-18-9-5-3-7-15(16)18/h2-11,13H,1H3,(H,23,24). The highest BCUT2D eigenvalue weighted by Crippen LogP contribution is 2.18. The number of hydrogen-bond donors (Lipinski definition) is 1. The molecule has 3 rings (SSSR count). The number of para-hydroxylation sites is 2. The minimum Gasteiger partial charge on any atom is -0.449 e. The second kappa shape index (κ2) is 7.45. The molecule has 0 saturated carbocycles. The topological polar surface area (TPSA) is 92.1 Å². The molecule has 1 amide bonds. The van der Waals surface area contributed by atoms with Gasteiger partial charge in [0.1, 0.15) is 6.07 Å². The smallest absolute Gasteiger partial charge is 0.339 e. The van der Waals surface area contributed by atoms with E-state index in [9.17, 15) is 9.59 Å². The number of rotatable bonds is 4. The molecular formula is C20H15N3O3. The van der Waals surface area contributed by atoms with E-state index in [0.717, 1.165) is 0 Å². The van der Waals surface area contributed by atoms with Gasteiger partial charge in [-0.3, -0.25) is 9.78 Å². The quantitative estimate of drug-likeness (QED) is 0.733. The molecule has 0 spiro atoms. The van der Waals surface area contributed by atoms with E-state index >= 15 is 0 Å². The van der Waals surface area contributed by atoms with E-state index in [4.69, 9.17) is 10.00 Å². The number of ether oxygens (including phenoxy) is 1. The van der Waals surface area contributed by atoms with Gasteiger partial charge in [0, 0.05) is 11.6 Å². The number of benzene rings is 2. The summed E-state index contributed by atoms with van der Waals surface area (Å²) in [5, 5.41) is 12.3. The largest absolute Gasteiger partial charge is 0.449 e. The number of nitrogens with one attached hydrogen (secondary N) is 1. The molecule has 0 aliphatic rings. The second-order valence-corrected chi connectivity index (χ2v) is 5.57. The zero-order chi connectivity index (χ0) is 18.5. The van der Waals surface area contributed by atoms with Crippen molar-refractivity contribution < 1.29 is 14.3 Å².